The third-order valence-electron chi connectivity index (χ3n) is 17.5. The molecule has 0 saturated heterocycles. The van der Waals surface area contributed by atoms with Crippen molar-refractivity contribution in [3.63, 3.8) is 0 Å². The molecule has 358 valence electrons. The Morgan fingerprint density at radius 2 is 1.06 bits per heavy atom. The summed E-state index contributed by atoms with van der Waals surface area (Å²) in [5, 5.41) is 1.18. The summed E-state index contributed by atoms with van der Waals surface area (Å²) >= 11 is 0. The van der Waals surface area contributed by atoms with Gasteiger partial charge in [0.05, 0.1) is 11.4 Å². The molecule has 0 amide bonds. The molecule has 7 aromatic carbocycles. The number of furan rings is 1. The Labute approximate surface area is 423 Å². The summed E-state index contributed by atoms with van der Waals surface area (Å²) in [5.74, 6) is 0.901. The number of fused-ring (bicyclic) bond motifs is 8. The summed E-state index contributed by atoms with van der Waals surface area (Å²) in [6.07, 6.45) is 4.61. The summed E-state index contributed by atoms with van der Waals surface area (Å²) in [4.78, 5) is 7.62. The van der Waals surface area contributed by atoms with Crippen LogP contribution in [0.2, 0.25) is 0 Å². The molecule has 5 heteroatoms. The van der Waals surface area contributed by atoms with Crippen molar-refractivity contribution in [2.45, 2.75) is 143 Å². The van der Waals surface area contributed by atoms with Gasteiger partial charge in [0, 0.05) is 45.0 Å². The van der Waals surface area contributed by atoms with Crippen molar-refractivity contribution in [3.05, 3.63) is 178 Å². The summed E-state index contributed by atoms with van der Waals surface area (Å²) in [6.45, 7) is 31.0. The summed E-state index contributed by atoms with van der Waals surface area (Å²) in [5.41, 5.74) is 23.8. The number of aryl methyl sites for hydroxylation is 2. The monoisotopic (exact) mass is 932 g/mol. The molecule has 4 nitrogen and oxygen atoms in total. The fraction of sp³-hybridized carbons (Fsp3) is 0.333. The molecule has 2 aliphatic carbocycles. The molecule has 1 aromatic heterocycles. The minimum atomic E-state index is -0.107. The topological polar surface area (TPSA) is 22.9 Å². The van der Waals surface area contributed by atoms with Gasteiger partial charge in [-0.2, -0.15) is 0 Å². The van der Waals surface area contributed by atoms with Gasteiger partial charge in [0.1, 0.15) is 5.58 Å². The molecule has 71 heavy (non-hydrogen) atoms. The van der Waals surface area contributed by atoms with Gasteiger partial charge in [-0.25, -0.2) is 0 Å². The predicted molar refractivity (Wildman–Crippen MR) is 304 cm³/mol. The van der Waals surface area contributed by atoms with Gasteiger partial charge in [0.25, 0.3) is 6.71 Å². The first-order valence-corrected chi connectivity index (χ1v) is 26.3. The van der Waals surface area contributed by atoms with E-state index in [1.165, 1.54) is 84.2 Å². The van der Waals surface area contributed by atoms with E-state index >= 15 is 0 Å². The SMILES string of the molecule is Cc1ccc2oc3c(c2c1)B1c2cc4c(cc2N(c2ccc5c(c2)C(C)(C)CCC5(C)C)c2cc(N(c5ccccc5)c5ccccc5)cc(c21)N3c1ccc(C(C)(C)C)cc1C)C(C)(C)CCC4(C)C. The van der Waals surface area contributed by atoms with Crippen LogP contribution in [0.25, 0.3) is 11.0 Å². The lowest BCUT2D eigenvalue weighted by molar-refractivity contribution is 0.332. The van der Waals surface area contributed by atoms with Gasteiger partial charge in [0.15, 0.2) is 0 Å². The highest BCUT2D eigenvalue weighted by Gasteiger charge is 2.49. The van der Waals surface area contributed by atoms with Crippen LogP contribution in [-0.4, -0.2) is 6.71 Å². The lowest BCUT2D eigenvalue weighted by Gasteiger charge is -2.47. The number of nitrogens with zero attached hydrogens (tertiary/aromatic N) is 3. The van der Waals surface area contributed by atoms with Crippen molar-refractivity contribution < 1.29 is 4.42 Å². The van der Waals surface area contributed by atoms with Crippen molar-refractivity contribution in [2.24, 2.45) is 0 Å². The summed E-state index contributed by atoms with van der Waals surface area (Å²) < 4.78 is 7.40. The Bertz CT molecular complexity index is 3420. The zero-order valence-electron chi connectivity index (χ0n) is 44.4. The van der Waals surface area contributed by atoms with Crippen molar-refractivity contribution in [1.29, 1.82) is 0 Å². The van der Waals surface area contributed by atoms with E-state index in [-0.39, 0.29) is 33.8 Å². The second-order valence-electron chi connectivity index (χ2n) is 25.3. The Morgan fingerprint density at radius 1 is 0.493 bits per heavy atom. The Kier molecular flexibility index (Phi) is 9.98. The van der Waals surface area contributed by atoms with Crippen LogP contribution < -0.4 is 31.1 Å². The number of benzene rings is 7. The summed E-state index contributed by atoms with van der Waals surface area (Å²) in [6, 6.07) is 53.5. The van der Waals surface area contributed by atoms with Gasteiger partial charge in [0.2, 0.25) is 5.88 Å². The van der Waals surface area contributed by atoms with Gasteiger partial charge in [-0.1, -0.05) is 148 Å². The Balaban J connectivity index is 1.26. The molecule has 0 fully saturated rings. The first kappa shape index (κ1) is 45.7. The fourth-order valence-corrected chi connectivity index (χ4v) is 13.0. The minimum Gasteiger partial charge on any atom is -0.440 e. The molecule has 0 N–H and O–H groups in total. The lowest BCUT2D eigenvalue weighted by atomic mass is 9.33. The second-order valence-corrected chi connectivity index (χ2v) is 25.3. The molecule has 3 heterocycles. The maximum Gasteiger partial charge on any atom is 0.257 e. The molecule has 0 radical (unpaired) electrons. The Hall–Kier alpha value is -6.46. The molecule has 0 bridgehead atoms. The quantitative estimate of drug-likeness (QED) is 0.160. The molecule has 8 aromatic rings. The van der Waals surface area contributed by atoms with Crippen molar-refractivity contribution in [2.75, 3.05) is 14.7 Å². The van der Waals surface area contributed by atoms with E-state index in [0.29, 0.717) is 0 Å². The lowest BCUT2D eigenvalue weighted by Crippen LogP contribution is -2.61. The number of hydrogen-bond acceptors (Lipinski definition) is 4. The first-order valence-electron chi connectivity index (χ1n) is 26.3. The maximum absolute atomic E-state index is 7.40. The fourth-order valence-electron chi connectivity index (χ4n) is 13.0. The highest BCUT2D eigenvalue weighted by atomic mass is 16.4. The summed E-state index contributed by atoms with van der Waals surface area (Å²) in [7, 11) is 0. The van der Waals surface area contributed by atoms with Crippen molar-refractivity contribution in [3.8, 4) is 0 Å². The van der Waals surface area contributed by atoms with Gasteiger partial charge in [-0.15, -0.1) is 0 Å². The van der Waals surface area contributed by atoms with Crippen LogP contribution in [-0.2, 0) is 27.1 Å². The standard InChI is InChI=1S/C66H70BN3O/c1-41-24-29-58-48(34-41)59-61(71-58)70(54-28-25-43(35-42(54)2)62(3,4)5)57-38-47(68(44-20-16-14-17-21-44)45-22-18-15-19-23-45)37-56-60(57)67(59)53-39-51-52(66(12,13)33-32-65(51,10)11)40-55(53)69(56)46-26-27-49-50(36-46)64(8,9)31-30-63(49,6)7/h14-29,34-40H,30-33H2,1-13H3. The van der Waals surface area contributed by atoms with E-state index in [0.717, 1.165) is 59.2 Å². The molecule has 0 spiro atoms. The molecule has 0 saturated carbocycles. The normalized spacial score (nSPS) is 17.8. The van der Waals surface area contributed by atoms with Crippen LogP contribution in [0, 0.1) is 13.8 Å². The molecule has 4 aliphatic rings. The number of para-hydroxylation sites is 2. The van der Waals surface area contributed by atoms with E-state index in [2.05, 4.69) is 244 Å². The molecular weight excluding hydrogens is 862 g/mol. The maximum atomic E-state index is 7.40. The number of anilines is 9. The predicted octanol–water partition coefficient (Wildman–Crippen LogP) is 16.6. The highest BCUT2D eigenvalue weighted by molar-refractivity contribution is 7.01. The van der Waals surface area contributed by atoms with Crippen LogP contribution in [0.3, 0.4) is 0 Å². The largest absolute Gasteiger partial charge is 0.440 e. The third-order valence-corrected chi connectivity index (χ3v) is 17.5. The van der Waals surface area contributed by atoms with E-state index in [9.17, 15) is 0 Å². The molecule has 0 unspecified atom stereocenters. The second kappa shape index (κ2) is 15.5. The molecule has 0 atom stereocenters. The van der Waals surface area contributed by atoms with E-state index in [1.807, 2.05) is 0 Å². The average Bonchev–Trinajstić information content (AvgIpc) is 3.70. The molecular formula is C66H70BN3O. The van der Waals surface area contributed by atoms with Crippen molar-refractivity contribution in [1.82, 2.24) is 0 Å². The van der Waals surface area contributed by atoms with Gasteiger partial charge in [-0.3, -0.25) is 4.90 Å². The van der Waals surface area contributed by atoms with Gasteiger partial charge in [-0.05, 0) is 184 Å². The third kappa shape index (κ3) is 7.07. The van der Waals surface area contributed by atoms with Crippen LogP contribution in [0.5, 0.6) is 0 Å². The van der Waals surface area contributed by atoms with Gasteiger partial charge < -0.3 is 14.2 Å². The zero-order valence-corrected chi connectivity index (χ0v) is 44.4. The average molecular weight is 932 g/mol. The minimum absolute atomic E-state index is 0.00282. The zero-order chi connectivity index (χ0) is 49.7. The number of rotatable bonds is 5. The van der Waals surface area contributed by atoms with Crippen LogP contribution in [0.4, 0.5) is 51.4 Å². The molecule has 2 aliphatic heterocycles. The van der Waals surface area contributed by atoms with Crippen molar-refractivity contribution >= 4 is 85.5 Å². The van der Waals surface area contributed by atoms with Crippen LogP contribution in [0.15, 0.2) is 144 Å². The smallest absolute Gasteiger partial charge is 0.257 e. The number of hydrogen-bond donors (Lipinski definition) is 0. The van der Waals surface area contributed by atoms with E-state index < -0.39 is 0 Å². The van der Waals surface area contributed by atoms with E-state index in [1.54, 1.807) is 0 Å². The van der Waals surface area contributed by atoms with Gasteiger partial charge >= 0.3 is 0 Å². The first-order chi connectivity index (χ1) is 33.6. The highest BCUT2D eigenvalue weighted by Crippen LogP contribution is 2.54. The molecule has 12 rings (SSSR count). The van der Waals surface area contributed by atoms with E-state index in [4.69, 9.17) is 4.42 Å². The Morgan fingerprint density at radius 3 is 1.65 bits per heavy atom. The van der Waals surface area contributed by atoms with Crippen LogP contribution >= 0.6 is 0 Å². The van der Waals surface area contributed by atoms with Crippen LogP contribution in [0.1, 0.15) is 141 Å².